The monoisotopic (exact) mass is 390 g/mol. The second-order valence-corrected chi connectivity index (χ2v) is 7.63. The third kappa shape index (κ3) is 4.01. The largest absolute Gasteiger partial charge is 0.497 e. The summed E-state index contributed by atoms with van der Waals surface area (Å²) in [7, 11) is 0.783. The summed E-state index contributed by atoms with van der Waals surface area (Å²) >= 11 is 0. The second kappa shape index (κ2) is 7.89. The van der Waals surface area contributed by atoms with Crippen LogP contribution in [-0.2, 0) is 16.4 Å². The zero-order chi connectivity index (χ0) is 19.4. The van der Waals surface area contributed by atoms with E-state index in [4.69, 9.17) is 14.2 Å². The van der Waals surface area contributed by atoms with Crippen molar-refractivity contribution in [2.75, 3.05) is 27.9 Å². The molecule has 0 spiro atoms. The lowest BCUT2D eigenvalue weighted by Gasteiger charge is -2.12. The first kappa shape index (κ1) is 19.1. The van der Waals surface area contributed by atoms with Crippen LogP contribution in [0.2, 0.25) is 0 Å². The minimum absolute atomic E-state index is 0.0462. The third-order valence-electron chi connectivity index (χ3n) is 4.32. The Bertz CT molecular complexity index is 1040. The summed E-state index contributed by atoms with van der Waals surface area (Å²) < 4.78 is 43.6. The average molecular weight is 390 g/mol. The molecule has 0 aliphatic carbocycles. The maximum absolute atomic E-state index is 12.7. The molecule has 2 N–H and O–H groups in total. The van der Waals surface area contributed by atoms with Crippen LogP contribution in [0.25, 0.3) is 10.9 Å². The normalized spacial score (nSPS) is 11.5. The van der Waals surface area contributed by atoms with Crippen molar-refractivity contribution in [3.63, 3.8) is 0 Å². The van der Waals surface area contributed by atoms with Crippen LogP contribution in [0.1, 0.15) is 5.56 Å². The van der Waals surface area contributed by atoms with Gasteiger partial charge in [0, 0.05) is 29.7 Å². The van der Waals surface area contributed by atoms with Crippen molar-refractivity contribution in [1.82, 2.24) is 9.71 Å². The first-order chi connectivity index (χ1) is 13.0. The van der Waals surface area contributed by atoms with E-state index in [9.17, 15) is 8.42 Å². The van der Waals surface area contributed by atoms with Crippen LogP contribution >= 0.6 is 0 Å². The number of rotatable bonds is 8. The summed E-state index contributed by atoms with van der Waals surface area (Å²) in [6.45, 7) is 0.243. The van der Waals surface area contributed by atoms with E-state index in [0.29, 0.717) is 12.2 Å². The predicted octanol–water partition coefficient (Wildman–Crippen LogP) is 2.71. The highest BCUT2D eigenvalue weighted by atomic mass is 32.2. The first-order valence-corrected chi connectivity index (χ1v) is 9.82. The number of sulfonamides is 1. The molecule has 0 unspecified atom stereocenters. The summed E-state index contributed by atoms with van der Waals surface area (Å²) in [6, 6.07) is 10.4. The van der Waals surface area contributed by atoms with E-state index < -0.39 is 10.0 Å². The topological polar surface area (TPSA) is 89.6 Å². The van der Waals surface area contributed by atoms with Gasteiger partial charge in [0.05, 0.1) is 21.3 Å². The zero-order valence-corrected chi connectivity index (χ0v) is 16.2. The van der Waals surface area contributed by atoms with Gasteiger partial charge in [0.15, 0.2) is 0 Å². The summed E-state index contributed by atoms with van der Waals surface area (Å²) in [5, 5.41) is 1.01. The van der Waals surface area contributed by atoms with Crippen molar-refractivity contribution >= 4 is 20.9 Å². The molecule has 0 saturated heterocycles. The van der Waals surface area contributed by atoms with E-state index in [2.05, 4.69) is 9.71 Å². The lowest BCUT2D eigenvalue weighted by atomic mass is 10.1. The summed E-state index contributed by atoms with van der Waals surface area (Å²) in [5.74, 6) is 1.46. The van der Waals surface area contributed by atoms with Gasteiger partial charge >= 0.3 is 0 Å². The van der Waals surface area contributed by atoms with Crippen LogP contribution < -0.4 is 18.9 Å². The molecule has 0 saturated carbocycles. The highest BCUT2D eigenvalue weighted by molar-refractivity contribution is 7.89. The SMILES string of the molecule is COc1ccc(OC)c(S(=O)(=O)NCCc2c[nH]c3ccc(OC)cc23)c1. The highest BCUT2D eigenvalue weighted by Crippen LogP contribution is 2.28. The first-order valence-electron chi connectivity index (χ1n) is 8.34. The van der Waals surface area contributed by atoms with E-state index in [0.717, 1.165) is 22.2 Å². The van der Waals surface area contributed by atoms with Crippen molar-refractivity contribution in [3.05, 3.63) is 48.2 Å². The Morgan fingerprint density at radius 3 is 2.37 bits per heavy atom. The standard InChI is InChI=1S/C19H22N2O5S/c1-24-14-4-6-17-16(10-14)13(12-20-17)8-9-21-27(22,23)19-11-15(25-2)5-7-18(19)26-3/h4-7,10-12,20-21H,8-9H2,1-3H3. The molecule has 2 aromatic carbocycles. The predicted molar refractivity (Wildman–Crippen MR) is 103 cm³/mol. The molecule has 1 aromatic heterocycles. The highest BCUT2D eigenvalue weighted by Gasteiger charge is 2.20. The number of hydrogen-bond acceptors (Lipinski definition) is 5. The van der Waals surface area contributed by atoms with E-state index in [1.165, 1.54) is 20.3 Å². The fourth-order valence-electron chi connectivity index (χ4n) is 2.88. The maximum Gasteiger partial charge on any atom is 0.244 e. The van der Waals surface area contributed by atoms with Crippen molar-refractivity contribution < 1.29 is 22.6 Å². The van der Waals surface area contributed by atoms with Gasteiger partial charge in [0.2, 0.25) is 10.0 Å². The second-order valence-electron chi connectivity index (χ2n) is 5.89. The van der Waals surface area contributed by atoms with E-state index in [-0.39, 0.29) is 17.2 Å². The molecule has 3 rings (SSSR count). The summed E-state index contributed by atoms with van der Waals surface area (Å²) in [4.78, 5) is 3.23. The van der Waals surface area contributed by atoms with Crippen LogP contribution in [0.4, 0.5) is 0 Å². The molecule has 0 amide bonds. The van der Waals surface area contributed by atoms with Crippen LogP contribution in [0.15, 0.2) is 47.5 Å². The lowest BCUT2D eigenvalue weighted by molar-refractivity contribution is 0.392. The minimum Gasteiger partial charge on any atom is -0.497 e. The molecule has 3 aromatic rings. The number of fused-ring (bicyclic) bond motifs is 1. The Morgan fingerprint density at radius 1 is 0.963 bits per heavy atom. The van der Waals surface area contributed by atoms with Crippen molar-refractivity contribution in [1.29, 1.82) is 0 Å². The van der Waals surface area contributed by atoms with Crippen molar-refractivity contribution in [2.24, 2.45) is 0 Å². The van der Waals surface area contributed by atoms with Crippen molar-refractivity contribution in [3.8, 4) is 17.2 Å². The van der Waals surface area contributed by atoms with E-state index >= 15 is 0 Å². The van der Waals surface area contributed by atoms with Crippen LogP contribution in [0.5, 0.6) is 17.2 Å². The Hall–Kier alpha value is -2.71. The number of ether oxygens (including phenoxy) is 3. The van der Waals surface area contributed by atoms with Gasteiger partial charge in [-0.15, -0.1) is 0 Å². The molecule has 0 bridgehead atoms. The third-order valence-corrected chi connectivity index (χ3v) is 5.80. The molecule has 8 heteroatoms. The average Bonchev–Trinajstić information content (AvgIpc) is 3.09. The number of methoxy groups -OCH3 is 3. The Balaban J connectivity index is 1.77. The molecular weight excluding hydrogens is 368 g/mol. The quantitative estimate of drug-likeness (QED) is 0.617. The Morgan fingerprint density at radius 2 is 1.67 bits per heavy atom. The smallest absolute Gasteiger partial charge is 0.244 e. The van der Waals surface area contributed by atoms with Gasteiger partial charge in [0.1, 0.15) is 22.1 Å². The maximum atomic E-state index is 12.7. The van der Waals surface area contributed by atoms with Gasteiger partial charge in [0.25, 0.3) is 0 Å². The molecule has 0 radical (unpaired) electrons. The number of aromatic amines is 1. The van der Waals surface area contributed by atoms with E-state index in [1.807, 2.05) is 24.4 Å². The van der Waals surface area contributed by atoms with Crippen LogP contribution in [0, 0.1) is 0 Å². The van der Waals surface area contributed by atoms with Gasteiger partial charge in [-0.25, -0.2) is 13.1 Å². The minimum atomic E-state index is -3.74. The molecule has 0 atom stereocenters. The summed E-state index contributed by atoms with van der Waals surface area (Å²) in [6.07, 6.45) is 2.41. The Kier molecular flexibility index (Phi) is 5.57. The number of hydrogen-bond donors (Lipinski definition) is 2. The van der Waals surface area contributed by atoms with E-state index in [1.54, 1.807) is 19.2 Å². The van der Waals surface area contributed by atoms with Gasteiger partial charge in [-0.2, -0.15) is 0 Å². The van der Waals surface area contributed by atoms with Gasteiger partial charge in [-0.3, -0.25) is 0 Å². The Labute approximate surface area is 158 Å². The van der Waals surface area contributed by atoms with Gasteiger partial charge in [-0.05, 0) is 42.3 Å². The van der Waals surface area contributed by atoms with Crippen molar-refractivity contribution in [2.45, 2.75) is 11.3 Å². The zero-order valence-electron chi connectivity index (χ0n) is 15.4. The molecule has 7 nitrogen and oxygen atoms in total. The molecule has 0 fully saturated rings. The number of H-pyrrole nitrogens is 1. The molecule has 144 valence electrons. The molecular formula is C19H22N2O5S. The molecule has 1 heterocycles. The number of nitrogens with one attached hydrogen (secondary N) is 2. The molecule has 0 aliphatic rings. The summed E-state index contributed by atoms with van der Waals surface area (Å²) in [5.41, 5.74) is 1.98. The lowest BCUT2D eigenvalue weighted by Crippen LogP contribution is -2.26. The fourth-order valence-corrected chi connectivity index (χ4v) is 4.10. The van der Waals surface area contributed by atoms with Crippen LogP contribution in [0.3, 0.4) is 0 Å². The fraction of sp³-hybridized carbons (Fsp3) is 0.263. The molecule has 0 aliphatic heterocycles. The number of benzene rings is 2. The molecule has 27 heavy (non-hydrogen) atoms. The van der Waals surface area contributed by atoms with Gasteiger partial charge < -0.3 is 19.2 Å². The van der Waals surface area contributed by atoms with Crippen LogP contribution in [-0.4, -0.2) is 41.3 Å². The van der Waals surface area contributed by atoms with Gasteiger partial charge in [-0.1, -0.05) is 0 Å². The number of aromatic nitrogens is 1.